The minimum Gasteiger partial charge on any atom is -0.397 e. The normalized spacial score (nSPS) is 18.3. The number of para-hydroxylation sites is 2. The molecule has 0 aromatic heterocycles. The number of anilines is 3. The van der Waals surface area contributed by atoms with Crippen LogP contribution >= 0.6 is 0 Å². The van der Waals surface area contributed by atoms with Gasteiger partial charge in [0.2, 0.25) is 11.8 Å². The molecule has 2 amide bonds. The summed E-state index contributed by atoms with van der Waals surface area (Å²) < 4.78 is 13.3. The molecule has 2 aliphatic heterocycles. The molecule has 59 heavy (non-hydrogen) atoms. The van der Waals surface area contributed by atoms with E-state index in [0.29, 0.717) is 30.8 Å². The van der Waals surface area contributed by atoms with Gasteiger partial charge < -0.3 is 35.8 Å². The molecule has 0 saturated carbocycles. The maximum atomic E-state index is 12.6. The maximum Gasteiger partial charge on any atom is 0.269 e. The maximum absolute atomic E-state index is 12.6. The number of aliphatic hydroxyl groups is 1. The summed E-state index contributed by atoms with van der Waals surface area (Å²) in [5.74, 6) is -0.303. The molecule has 306 valence electrons. The van der Waals surface area contributed by atoms with Gasteiger partial charge in [0.1, 0.15) is 0 Å². The molecule has 5 N–H and O–H groups in total. The van der Waals surface area contributed by atoms with Gasteiger partial charge in [-0.05, 0) is 64.6 Å². The fraction of sp³-hybridized carbons (Fsp3) is 0.304. The average molecular weight is 799 g/mol. The molecule has 13 nitrogen and oxygen atoms in total. The van der Waals surface area contributed by atoms with Crippen molar-refractivity contribution in [1.82, 2.24) is 10.2 Å². The first-order valence-electron chi connectivity index (χ1n) is 20.0. The summed E-state index contributed by atoms with van der Waals surface area (Å²) in [5.41, 5.74) is 13.8. The number of amides is 2. The third-order valence-corrected chi connectivity index (χ3v) is 10.9. The van der Waals surface area contributed by atoms with Crippen LogP contribution in [0.4, 0.5) is 22.7 Å². The Kier molecular flexibility index (Phi) is 13.6. The SMILES string of the molecule is Nc1ccccc1NC(=O)CCCC(=O)NCc1cccc(-c2ccc([C@H]3O[C@@H](CN4CCN(c5ccc([N+](=O)[O-])cc5)CC4)C[C@@H](c4ccc(CO)cc4)O3)cc2)c1. The van der Waals surface area contributed by atoms with E-state index in [2.05, 4.69) is 38.6 Å². The summed E-state index contributed by atoms with van der Waals surface area (Å²) in [6.07, 6.45) is 0.666. The molecule has 2 saturated heterocycles. The van der Waals surface area contributed by atoms with Gasteiger partial charge in [-0.3, -0.25) is 24.6 Å². The standard InChI is InChI=1S/C46H50N6O7/c47-41-7-1-2-8-42(41)49-45(55)10-4-9-44(54)48-29-33-5-3-6-37(27-33)34-15-17-36(18-16-34)46-58-40(28-43(59-46)35-13-11-32(31-53)12-14-35)30-50-23-25-51(26-24-50)38-19-21-39(22-20-38)52(56)57/h1-3,5-8,11-22,27,40,43,46,53H,4,9-10,23-26,28-31,47H2,(H,48,54)(H,49,55)/t40-,43+,46+/m1/s1. The van der Waals surface area contributed by atoms with Crippen molar-refractivity contribution in [2.75, 3.05) is 48.7 Å². The van der Waals surface area contributed by atoms with Crippen molar-refractivity contribution in [3.63, 3.8) is 0 Å². The second-order valence-electron chi connectivity index (χ2n) is 15.0. The first-order valence-corrected chi connectivity index (χ1v) is 20.0. The van der Waals surface area contributed by atoms with Crippen LogP contribution in [-0.2, 0) is 32.2 Å². The largest absolute Gasteiger partial charge is 0.397 e. The summed E-state index contributed by atoms with van der Waals surface area (Å²) in [4.78, 5) is 40.3. The molecule has 0 spiro atoms. The van der Waals surface area contributed by atoms with E-state index in [0.717, 1.165) is 71.8 Å². The van der Waals surface area contributed by atoms with E-state index in [4.69, 9.17) is 15.2 Å². The Labute approximate surface area is 343 Å². The van der Waals surface area contributed by atoms with E-state index >= 15 is 0 Å². The second-order valence-corrected chi connectivity index (χ2v) is 15.0. The molecule has 0 bridgehead atoms. The molecule has 2 fully saturated rings. The Morgan fingerprint density at radius 3 is 2.20 bits per heavy atom. The van der Waals surface area contributed by atoms with Crippen LogP contribution in [-0.4, -0.2) is 65.6 Å². The van der Waals surface area contributed by atoms with Gasteiger partial charge in [-0.1, -0.05) is 78.9 Å². The van der Waals surface area contributed by atoms with E-state index in [1.807, 2.05) is 66.7 Å². The summed E-state index contributed by atoms with van der Waals surface area (Å²) in [6.45, 7) is 4.36. The lowest BCUT2D eigenvalue weighted by atomic mass is 9.98. The van der Waals surface area contributed by atoms with Gasteiger partial charge in [0.25, 0.3) is 5.69 Å². The molecule has 0 aliphatic carbocycles. The average Bonchev–Trinajstić information content (AvgIpc) is 3.27. The number of benzene rings is 5. The van der Waals surface area contributed by atoms with E-state index in [1.165, 1.54) is 0 Å². The Hall–Kier alpha value is -6.12. The quantitative estimate of drug-likeness (QED) is 0.0485. The third-order valence-electron chi connectivity index (χ3n) is 10.9. The van der Waals surface area contributed by atoms with Crippen LogP contribution in [0.15, 0.2) is 121 Å². The highest BCUT2D eigenvalue weighted by Crippen LogP contribution is 2.39. The number of hydrogen-bond donors (Lipinski definition) is 4. The number of ether oxygens (including phenoxy) is 2. The number of non-ortho nitro benzene ring substituents is 1. The number of carbonyl (C=O) groups excluding carboxylic acids is 2. The number of nitrogens with zero attached hydrogens (tertiary/aromatic N) is 3. The van der Waals surface area contributed by atoms with Crippen molar-refractivity contribution in [3.8, 4) is 11.1 Å². The van der Waals surface area contributed by atoms with Crippen LogP contribution in [0.2, 0.25) is 0 Å². The van der Waals surface area contributed by atoms with Gasteiger partial charge in [-0.15, -0.1) is 0 Å². The van der Waals surface area contributed by atoms with Crippen LogP contribution in [0, 0.1) is 10.1 Å². The molecule has 13 heteroatoms. The molecule has 5 aromatic carbocycles. The molecule has 2 aliphatic rings. The van der Waals surface area contributed by atoms with Gasteiger partial charge in [0.15, 0.2) is 6.29 Å². The number of piperazine rings is 1. The fourth-order valence-corrected chi connectivity index (χ4v) is 7.51. The predicted molar refractivity (Wildman–Crippen MR) is 227 cm³/mol. The summed E-state index contributed by atoms with van der Waals surface area (Å²) in [5, 5.41) is 26.5. The second kappa shape index (κ2) is 19.6. The monoisotopic (exact) mass is 798 g/mol. The van der Waals surface area contributed by atoms with Gasteiger partial charge in [0.05, 0.1) is 35.1 Å². The Balaban J connectivity index is 0.942. The van der Waals surface area contributed by atoms with E-state index < -0.39 is 6.29 Å². The van der Waals surface area contributed by atoms with Gasteiger partial charge >= 0.3 is 0 Å². The molecule has 0 radical (unpaired) electrons. The number of nitrogens with one attached hydrogen (secondary N) is 2. The van der Waals surface area contributed by atoms with Gasteiger partial charge in [-0.25, -0.2) is 0 Å². The van der Waals surface area contributed by atoms with Crippen LogP contribution < -0.4 is 21.3 Å². The van der Waals surface area contributed by atoms with Crippen LogP contribution in [0.5, 0.6) is 0 Å². The number of carbonyl (C=O) groups is 2. The minimum atomic E-state index is -0.587. The summed E-state index contributed by atoms with van der Waals surface area (Å²) in [6, 6.07) is 37.9. The number of hydrogen-bond acceptors (Lipinski definition) is 10. The third kappa shape index (κ3) is 11.1. The topological polar surface area (TPSA) is 173 Å². The number of nitro benzene ring substituents is 1. The van der Waals surface area contributed by atoms with Crippen molar-refractivity contribution >= 4 is 34.6 Å². The molecular weight excluding hydrogens is 749 g/mol. The molecule has 7 rings (SSSR count). The van der Waals surface area contributed by atoms with Crippen molar-refractivity contribution in [3.05, 3.63) is 154 Å². The predicted octanol–water partition coefficient (Wildman–Crippen LogP) is 7.13. The highest BCUT2D eigenvalue weighted by atomic mass is 16.7. The zero-order valence-electron chi connectivity index (χ0n) is 32.9. The lowest BCUT2D eigenvalue weighted by molar-refractivity contribution is -0.384. The van der Waals surface area contributed by atoms with Crippen molar-refractivity contribution in [2.24, 2.45) is 0 Å². The summed E-state index contributed by atoms with van der Waals surface area (Å²) in [7, 11) is 0. The van der Waals surface area contributed by atoms with Crippen LogP contribution in [0.25, 0.3) is 11.1 Å². The van der Waals surface area contributed by atoms with E-state index in [9.17, 15) is 24.8 Å². The smallest absolute Gasteiger partial charge is 0.269 e. The zero-order chi connectivity index (χ0) is 41.1. The molecular formula is C46H50N6O7. The van der Waals surface area contributed by atoms with E-state index in [1.54, 1.807) is 36.4 Å². The lowest BCUT2D eigenvalue weighted by Gasteiger charge is -2.41. The molecule has 5 aromatic rings. The number of nitrogen functional groups attached to an aromatic ring is 1. The minimum absolute atomic E-state index is 0.0239. The van der Waals surface area contributed by atoms with Crippen molar-refractivity contribution in [1.29, 1.82) is 0 Å². The number of nitro groups is 1. The number of nitrogens with two attached hydrogens (primary N) is 1. The van der Waals surface area contributed by atoms with Gasteiger partial charge in [0, 0.05) is 81.9 Å². The number of rotatable bonds is 15. The van der Waals surface area contributed by atoms with Crippen molar-refractivity contribution in [2.45, 2.75) is 57.3 Å². The Morgan fingerprint density at radius 1 is 0.780 bits per heavy atom. The van der Waals surface area contributed by atoms with E-state index in [-0.39, 0.29) is 54.1 Å². The molecule has 3 atom stereocenters. The molecule has 2 heterocycles. The Morgan fingerprint density at radius 2 is 1.49 bits per heavy atom. The summed E-state index contributed by atoms with van der Waals surface area (Å²) >= 11 is 0. The van der Waals surface area contributed by atoms with Crippen LogP contribution in [0.1, 0.15) is 60.3 Å². The lowest BCUT2D eigenvalue weighted by Crippen LogP contribution is -2.49. The highest BCUT2D eigenvalue weighted by molar-refractivity contribution is 5.94. The first-order chi connectivity index (χ1) is 28.7. The van der Waals surface area contributed by atoms with Gasteiger partial charge in [-0.2, -0.15) is 0 Å². The van der Waals surface area contributed by atoms with Crippen molar-refractivity contribution < 1.29 is 29.1 Å². The Bertz CT molecular complexity index is 2190. The highest BCUT2D eigenvalue weighted by Gasteiger charge is 2.34. The number of aliphatic hydroxyl groups excluding tert-OH is 1. The molecule has 0 unspecified atom stereocenters. The fourth-order valence-electron chi connectivity index (χ4n) is 7.51. The van der Waals surface area contributed by atoms with Crippen LogP contribution in [0.3, 0.4) is 0 Å². The first kappa shape index (κ1) is 41.1. The zero-order valence-corrected chi connectivity index (χ0v) is 32.9.